The van der Waals surface area contributed by atoms with Crippen molar-refractivity contribution in [3.8, 4) is 0 Å². The molecule has 0 aliphatic heterocycles. The van der Waals surface area contributed by atoms with Gasteiger partial charge in [-0.15, -0.1) is 22.9 Å². The average molecular weight is 387 g/mol. The fourth-order valence-electron chi connectivity index (χ4n) is 2.31. The molecule has 1 aliphatic carbocycles. The first-order valence-electron chi connectivity index (χ1n) is 5.66. The SMILES string of the molecule is CC1CCC(C(Cl)c2cc(Br)c(Br)s2)CC1. The third-order valence-corrected chi connectivity index (χ3v) is 7.47. The lowest BCUT2D eigenvalue weighted by atomic mass is 9.81. The van der Waals surface area contributed by atoms with Gasteiger partial charge in [0.25, 0.3) is 0 Å². The van der Waals surface area contributed by atoms with Crippen LogP contribution < -0.4 is 0 Å². The number of hydrogen-bond acceptors (Lipinski definition) is 1. The van der Waals surface area contributed by atoms with Crippen molar-refractivity contribution in [3.05, 3.63) is 19.2 Å². The van der Waals surface area contributed by atoms with Crippen molar-refractivity contribution in [2.75, 3.05) is 0 Å². The Balaban J connectivity index is 2.04. The van der Waals surface area contributed by atoms with Crippen LogP contribution in [0.3, 0.4) is 0 Å². The predicted molar refractivity (Wildman–Crippen MR) is 79.4 cm³/mol. The Kier molecular flexibility index (Phi) is 4.79. The first-order chi connectivity index (χ1) is 7.58. The zero-order chi connectivity index (χ0) is 11.7. The molecule has 0 spiro atoms. The monoisotopic (exact) mass is 384 g/mol. The average Bonchev–Trinajstić information content (AvgIpc) is 2.59. The molecular weight excluding hydrogens is 371 g/mol. The van der Waals surface area contributed by atoms with E-state index >= 15 is 0 Å². The Labute approximate surface area is 123 Å². The molecule has 1 unspecified atom stereocenters. The van der Waals surface area contributed by atoms with Crippen LogP contribution in [0.4, 0.5) is 0 Å². The van der Waals surface area contributed by atoms with Gasteiger partial charge >= 0.3 is 0 Å². The van der Waals surface area contributed by atoms with Gasteiger partial charge in [-0.3, -0.25) is 0 Å². The van der Waals surface area contributed by atoms with Gasteiger partial charge in [-0.1, -0.05) is 19.8 Å². The van der Waals surface area contributed by atoms with Gasteiger partial charge < -0.3 is 0 Å². The summed E-state index contributed by atoms with van der Waals surface area (Å²) < 4.78 is 2.28. The normalized spacial score (nSPS) is 28.0. The minimum absolute atomic E-state index is 0.195. The maximum atomic E-state index is 6.59. The second-order valence-electron chi connectivity index (χ2n) is 4.69. The molecule has 0 aromatic carbocycles. The molecule has 1 atom stereocenters. The van der Waals surface area contributed by atoms with E-state index in [1.165, 1.54) is 30.6 Å². The van der Waals surface area contributed by atoms with E-state index in [0.29, 0.717) is 5.92 Å². The summed E-state index contributed by atoms with van der Waals surface area (Å²) in [6.07, 6.45) is 5.23. The van der Waals surface area contributed by atoms with Crippen molar-refractivity contribution in [1.29, 1.82) is 0 Å². The molecule has 0 radical (unpaired) electrons. The zero-order valence-corrected chi connectivity index (χ0v) is 13.9. The Hall–Kier alpha value is 0.950. The summed E-state index contributed by atoms with van der Waals surface area (Å²) in [4.78, 5) is 1.29. The molecule has 16 heavy (non-hydrogen) atoms. The molecule has 2 rings (SSSR count). The maximum absolute atomic E-state index is 6.59. The lowest BCUT2D eigenvalue weighted by Crippen LogP contribution is -2.15. The standard InChI is InChI=1S/C12H15Br2ClS/c1-7-2-4-8(5-3-7)11(15)10-6-9(13)12(14)16-10/h6-8,11H,2-5H2,1H3. The Bertz CT molecular complexity index is 336. The van der Waals surface area contributed by atoms with Gasteiger partial charge in [0.05, 0.1) is 9.16 Å². The van der Waals surface area contributed by atoms with Crippen molar-refractivity contribution in [2.24, 2.45) is 11.8 Å². The highest BCUT2D eigenvalue weighted by atomic mass is 79.9. The molecule has 1 aromatic heterocycles. The van der Waals surface area contributed by atoms with Crippen LogP contribution in [0.1, 0.15) is 42.9 Å². The van der Waals surface area contributed by atoms with Crippen molar-refractivity contribution >= 4 is 54.8 Å². The van der Waals surface area contributed by atoms with E-state index in [9.17, 15) is 0 Å². The Morgan fingerprint density at radius 3 is 2.44 bits per heavy atom. The lowest BCUT2D eigenvalue weighted by molar-refractivity contribution is 0.284. The van der Waals surface area contributed by atoms with Crippen LogP contribution in [0.2, 0.25) is 0 Å². The minimum Gasteiger partial charge on any atom is -0.130 e. The number of halogens is 3. The molecule has 0 nitrogen and oxygen atoms in total. The molecule has 90 valence electrons. The quantitative estimate of drug-likeness (QED) is 0.517. The lowest BCUT2D eigenvalue weighted by Gasteiger charge is -2.29. The molecule has 4 heteroatoms. The summed E-state index contributed by atoms with van der Waals surface area (Å²) in [6, 6.07) is 2.16. The smallest absolute Gasteiger partial charge is 0.0843 e. The first kappa shape index (κ1) is 13.4. The predicted octanol–water partition coefficient (Wildman–Crippen LogP) is 6.38. The van der Waals surface area contributed by atoms with Crippen LogP contribution in [0.5, 0.6) is 0 Å². The van der Waals surface area contributed by atoms with E-state index in [4.69, 9.17) is 11.6 Å². The van der Waals surface area contributed by atoms with E-state index in [2.05, 4.69) is 44.8 Å². The van der Waals surface area contributed by atoms with E-state index in [1.54, 1.807) is 11.3 Å². The molecule has 1 fully saturated rings. The Morgan fingerprint density at radius 1 is 1.31 bits per heavy atom. The Morgan fingerprint density at radius 2 is 1.94 bits per heavy atom. The summed E-state index contributed by atoms with van der Waals surface area (Å²) in [6.45, 7) is 2.35. The van der Waals surface area contributed by atoms with Crippen molar-refractivity contribution in [1.82, 2.24) is 0 Å². The van der Waals surface area contributed by atoms with Crippen LogP contribution in [0.25, 0.3) is 0 Å². The molecule has 0 N–H and O–H groups in total. The molecule has 1 heterocycles. The van der Waals surface area contributed by atoms with E-state index in [0.717, 1.165) is 14.2 Å². The fraction of sp³-hybridized carbons (Fsp3) is 0.667. The highest BCUT2D eigenvalue weighted by Crippen LogP contribution is 2.45. The number of hydrogen-bond donors (Lipinski definition) is 0. The molecular formula is C12H15Br2ClS. The van der Waals surface area contributed by atoms with Crippen LogP contribution in [-0.2, 0) is 0 Å². The van der Waals surface area contributed by atoms with Gasteiger partial charge in [0.15, 0.2) is 0 Å². The van der Waals surface area contributed by atoms with E-state index < -0.39 is 0 Å². The van der Waals surface area contributed by atoms with Gasteiger partial charge in [-0.25, -0.2) is 0 Å². The van der Waals surface area contributed by atoms with E-state index in [-0.39, 0.29) is 5.38 Å². The molecule has 1 aromatic rings. The van der Waals surface area contributed by atoms with Crippen LogP contribution in [-0.4, -0.2) is 0 Å². The summed E-state index contributed by atoms with van der Waals surface area (Å²) >= 11 is 15.4. The third kappa shape index (κ3) is 3.04. The van der Waals surface area contributed by atoms with Crippen LogP contribution >= 0.6 is 54.8 Å². The topological polar surface area (TPSA) is 0 Å². The largest absolute Gasteiger partial charge is 0.130 e. The number of rotatable bonds is 2. The van der Waals surface area contributed by atoms with Crippen LogP contribution in [0.15, 0.2) is 14.3 Å². The first-order valence-corrected chi connectivity index (χ1v) is 8.50. The summed E-state index contributed by atoms with van der Waals surface area (Å²) in [5.74, 6) is 1.55. The van der Waals surface area contributed by atoms with Crippen LogP contribution in [0, 0.1) is 11.8 Å². The van der Waals surface area contributed by atoms with Crippen molar-refractivity contribution < 1.29 is 0 Å². The van der Waals surface area contributed by atoms with Gasteiger partial charge in [-0.2, -0.15) is 0 Å². The molecule has 0 bridgehead atoms. The van der Waals surface area contributed by atoms with E-state index in [1.807, 2.05) is 0 Å². The van der Waals surface area contributed by atoms with Crippen molar-refractivity contribution in [3.63, 3.8) is 0 Å². The second-order valence-corrected chi connectivity index (χ2v) is 8.42. The number of alkyl halides is 1. The fourth-order valence-corrected chi connectivity index (χ4v) is 4.92. The third-order valence-electron chi connectivity index (χ3n) is 3.41. The summed E-state index contributed by atoms with van der Waals surface area (Å²) in [5, 5.41) is 0.195. The number of thiophene rings is 1. The molecule has 1 aliphatic rings. The molecule has 0 amide bonds. The highest BCUT2D eigenvalue weighted by molar-refractivity contribution is 9.13. The van der Waals surface area contributed by atoms with Gasteiger partial charge in [0.1, 0.15) is 0 Å². The van der Waals surface area contributed by atoms with Gasteiger partial charge in [0, 0.05) is 9.35 Å². The highest BCUT2D eigenvalue weighted by Gasteiger charge is 2.27. The molecule has 0 saturated heterocycles. The molecule has 1 saturated carbocycles. The minimum atomic E-state index is 0.195. The maximum Gasteiger partial charge on any atom is 0.0843 e. The summed E-state index contributed by atoms with van der Waals surface area (Å²) in [7, 11) is 0. The van der Waals surface area contributed by atoms with Gasteiger partial charge in [0.2, 0.25) is 0 Å². The zero-order valence-electron chi connectivity index (χ0n) is 9.18. The van der Waals surface area contributed by atoms with Gasteiger partial charge in [-0.05, 0) is 62.6 Å². The van der Waals surface area contributed by atoms with Crippen molar-refractivity contribution in [2.45, 2.75) is 38.0 Å². The summed E-state index contributed by atoms with van der Waals surface area (Å²) in [5.41, 5.74) is 0. The second kappa shape index (κ2) is 5.73.